The van der Waals surface area contributed by atoms with Crippen LogP contribution in [0, 0.1) is 0 Å². The van der Waals surface area contributed by atoms with Gasteiger partial charge < -0.3 is 20.3 Å². The number of aromatic hydroxyl groups is 2. The summed E-state index contributed by atoms with van der Waals surface area (Å²) in [6.07, 6.45) is 0. The lowest BCUT2D eigenvalue weighted by Crippen LogP contribution is -2.18. The molecule has 0 radical (unpaired) electrons. The molecule has 20 heavy (non-hydrogen) atoms. The molecule has 2 rings (SSSR count). The Labute approximate surface area is 118 Å². The molecule has 0 bridgehead atoms. The summed E-state index contributed by atoms with van der Waals surface area (Å²) in [4.78, 5) is 0. The Morgan fingerprint density at radius 2 is 1.90 bits per heavy atom. The number of nitrogens with one attached hydrogen (secondary N) is 1. The summed E-state index contributed by atoms with van der Waals surface area (Å²) < 4.78 is 5.30. The van der Waals surface area contributed by atoms with Crippen LogP contribution in [0.25, 0.3) is 0 Å². The van der Waals surface area contributed by atoms with Crippen LogP contribution in [0.15, 0.2) is 42.5 Å². The highest BCUT2D eigenvalue weighted by molar-refractivity contribution is 5.40. The average molecular weight is 273 g/mol. The number of phenols is 2. The number of benzene rings is 2. The molecule has 0 aliphatic carbocycles. The first kappa shape index (κ1) is 14.2. The summed E-state index contributed by atoms with van der Waals surface area (Å²) in [5, 5.41) is 22.6. The van der Waals surface area contributed by atoms with E-state index in [0.717, 1.165) is 11.3 Å². The van der Waals surface area contributed by atoms with Crippen LogP contribution >= 0.6 is 0 Å². The quantitative estimate of drug-likeness (QED) is 0.733. The minimum Gasteiger partial charge on any atom is -0.508 e. The Kier molecular flexibility index (Phi) is 4.48. The first-order valence-electron chi connectivity index (χ1n) is 6.49. The molecule has 106 valence electrons. The van der Waals surface area contributed by atoms with E-state index in [2.05, 4.69) is 5.32 Å². The van der Waals surface area contributed by atoms with E-state index < -0.39 is 0 Å². The highest BCUT2D eigenvalue weighted by atomic mass is 16.5. The fourth-order valence-electron chi connectivity index (χ4n) is 2.11. The Hall–Kier alpha value is -2.20. The van der Waals surface area contributed by atoms with Crippen LogP contribution in [0.1, 0.15) is 24.1 Å². The van der Waals surface area contributed by atoms with Crippen LogP contribution < -0.4 is 10.1 Å². The van der Waals surface area contributed by atoms with E-state index in [1.54, 1.807) is 13.2 Å². The van der Waals surface area contributed by atoms with Crippen LogP contribution in [-0.2, 0) is 6.54 Å². The van der Waals surface area contributed by atoms with Gasteiger partial charge in [-0.1, -0.05) is 18.2 Å². The van der Waals surface area contributed by atoms with Gasteiger partial charge in [0.2, 0.25) is 0 Å². The Bertz CT molecular complexity index is 584. The van der Waals surface area contributed by atoms with Gasteiger partial charge in [0, 0.05) is 23.7 Å². The van der Waals surface area contributed by atoms with Gasteiger partial charge in [-0.05, 0) is 31.2 Å². The largest absolute Gasteiger partial charge is 0.508 e. The third-order valence-corrected chi connectivity index (χ3v) is 3.27. The summed E-state index contributed by atoms with van der Waals surface area (Å²) >= 11 is 0. The van der Waals surface area contributed by atoms with Crippen molar-refractivity contribution in [3.63, 3.8) is 0 Å². The smallest absolute Gasteiger partial charge is 0.123 e. The van der Waals surface area contributed by atoms with Gasteiger partial charge in [-0.15, -0.1) is 0 Å². The van der Waals surface area contributed by atoms with Gasteiger partial charge in [0.15, 0.2) is 0 Å². The molecule has 0 aromatic heterocycles. The highest BCUT2D eigenvalue weighted by Crippen LogP contribution is 2.28. The summed E-state index contributed by atoms with van der Waals surface area (Å²) in [5.41, 5.74) is 1.71. The molecule has 0 saturated carbocycles. The van der Waals surface area contributed by atoms with Crippen molar-refractivity contribution in [2.45, 2.75) is 19.5 Å². The zero-order valence-corrected chi connectivity index (χ0v) is 11.6. The summed E-state index contributed by atoms with van der Waals surface area (Å²) in [6, 6.07) is 12.2. The maximum absolute atomic E-state index is 9.83. The van der Waals surface area contributed by atoms with E-state index in [1.165, 1.54) is 12.1 Å². The minimum atomic E-state index is -0.0907. The van der Waals surface area contributed by atoms with E-state index in [9.17, 15) is 10.2 Å². The zero-order chi connectivity index (χ0) is 14.5. The molecule has 0 aliphatic heterocycles. The van der Waals surface area contributed by atoms with E-state index in [0.29, 0.717) is 12.1 Å². The average Bonchev–Trinajstić information content (AvgIpc) is 2.47. The maximum atomic E-state index is 9.83. The molecule has 2 aromatic carbocycles. The number of rotatable bonds is 5. The van der Waals surface area contributed by atoms with Gasteiger partial charge >= 0.3 is 0 Å². The van der Waals surface area contributed by atoms with Crippen LogP contribution in [0.3, 0.4) is 0 Å². The Balaban J connectivity index is 2.08. The fourth-order valence-corrected chi connectivity index (χ4v) is 2.11. The van der Waals surface area contributed by atoms with E-state index in [-0.39, 0.29) is 17.5 Å². The summed E-state index contributed by atoms with van der Waals surface area (Å²) in [6.45, 7) is 2.55. The van der Waals surface area contributed by atoms with Gasteiger partial charge in [0.25, 0.3) is 0 Å². The standard InChI is InChI=1S/C16H19NO3/c1-11(14-9-13(18)7-8-15(14)19)17-10-12-5-3-4-6-16(12)20-2/h3-9,11,17-19H,10H2,1-2H3. The molecule has 4 nitrogen and oxygen atoms in total. The first-order valence-corrected chi connectivity index (χ1v) is 6.49. The van der Waals surface area contributed by atoms with Crippen molar-refractivity contribution in [1.29, 1.82) is 0 Å². The number of methoxy groups -OCH3 is 1. The predicted molar refractivity (Wildman–Crippen MR) is 78.0 cm³/mol. The summed E-state index contributed by atoms with van der Waals surface area (Å²) in [5.74, 6) is 1.14. The third-order valence-electron chi connectivity index (χ3n) is 3.27. The molecular formula is C16H19NO3. The maximum Gasteiger partial charge on any atom is 0.123 e. The van der Waals surface area contributed by atoms with E-state index >= 15 is 0 Å². The van der Waals surface area contributed by atoms with Crippen molar-refractivity contribution in [3.05, 3.63) is 53.6 Å². The molecule has 0 amide bonds. The lowest BCUT2D eigenvalue weighted by Gasteiger charge is -2.17. The number of ether oxygens (including phenoxy) is 1. The van der Waals surface area contributed by atoms with Crippen molar-refractivity contribution < 1.29 is 14.9 Å². The number of para-hydroxylation sites is 1. The monoisotopic (exact) mass is 273 g/mol. The van der Waals surface area contributed by atoms with Crippen LogP contribution in [0.4, 0.5) is 0 Å². The number of hydrogen-bond acceptors (Lipinski definition) is 4. The molecule has 2 aromatic rings. The second-order valence-electron chi connectivity index (χ2n) is 4.66. The van der Waals surface area contributed by atoms with Crippen molar-refractivity contribution in [2.75, 3.05) is 7.11 Å². The number of hydrogen-bond donors (Lipinski definition) is 3. The van der Waals surface area contributed by atoms with Crippen LogP contribution in [-0.4, -0.2) is 17.3 Å². The van der Waals surface area contributed by atoms with Crippen molar-refractivity contribution in [2.24, 2.45) is 0 Å². The van der Waals surface area contributed by atoms with Gasteiger partial charge in [-0.2, -0.15) is 0 Å². The van der Waals surface area contributed by atoms with Crippen molar-refractivity contribution in [3.8, 4) is 17.2 Å². The molecule has 4 heteroatoms. The molecule has 0 spiro atoms. The molecule has 1 unspecified atom stereocenters. The topological polar surface area (TPSA) is 61.7 Å². The van der Waals surface area contributed by atoms with Gasteiger partial charge in [-0.3, -0.25) is 0 Å². The van der Waals surface area contributed by atoms with E-state index in [4.69, 9.17) is 4.74 Å². The molecule has 0 fully saturated rings. The zero-order valence-electron chi connectivity index (χ0n) is 11.6. The molecule has 3 N–H and O–H groups in total. The summed E-state index contributed by atoms with van der Waals surface area (Å²) in [7, 11) is 1.64. The molecule has 0 heterocycles. The normalized spacial score (nSPS) is 12.1. The predicted octanol–water partition coefficient (Wildman–Crippen LogP) is 2.96. The van der Waals surface area contributed by atoms with Gasteiger partial charge in [0.1, 0.15) is 17.2 Å². The molecule has 0 saturated heterocycles. The second-order valence-corrected chi connectivity index (χ2v) is 4.66. The third kappa shape index (κ3) is 3.22. The van der Waals surface area contributed by atoms with Gasteiger partial charge in [0.05, 0.1) is 7.11 Å². The fraction of sp³-hybridized carbons (Fsp3) is 0.250. The molecular weight excluding hydrogens is 254 g/mol. The molecule has 0 aliphatic rings. The van der Waals surface area contributed by atoms with Gasteiger partial charge in [-0.25, -0.2) is 0 Å². The highest BCUT2D eigenvalue weighted by Gasteiger charge is 2.11. The van der Waals surface area contributed by atoms with Crippen molar-refractivity contribution in [1.82, 2.24) is 5.32 Å². The first-order chi connectivity index (χ1) is 9.61. The Morgan fingerprint density at radius 3 is 2.65 bits per heavy atom. The second kappa shape index (κ2) is 6.30. The van der Waals surface area contributed by atoms with Crippen LogP contribution in [0.5, 0.6) is 17.2 Å². The number of phenolic OH excluding ortho intramolecular Hbond substituents is 2. The van der Waals surface area contributed by atoms with E-state index in [1.807, 2.05) is 31.2 Å². The Morgan fingerprint density at radius 1 is 1.15 bits per heavy atom. The van der Waals surface area contributed by atoms with Crippen LogP contribution in [0.2, 0.25) is 0 Å². The SMILES string of the molecule is COc1ccccc1CNC(C)c1cc(O)ccc1O. The lowest BCUT2D eigenvalue weighted by atomic mass is 10.1. The van der Waals surface area contributed by atoms with Crippen molar-refractivity contribution >= 4 is 0 Å². The molecule has 1 atom stereocenters. The lowest BCUT2D eigenvalue weighted by molar-refractivity contribution is 0.404. The minimum absolute atomic E-state index is 0.0907.